The highest BCUT2D eigenvalue weighted by molar-refractivity contribution is 7.99. The molecule has 7 heteroatoms. The van der Waals surface area contributed by atoms with Crippen molar-refractivity contribution in [2.45, 2.75) is 51.0 Å². The summed E-state index contributed by atoms with van der Waals surface area (Å²) in [5.74, 6) is 4.11. The standard InChI is InChI=1S/C21H40N4O2S/c1-2-22-20(23-9-5-12-26-16-19-6-13-27-17-19)24-18-21(7-3-4-8-21)25-10-14-28-15-11-25/h19H,2-18H2,1H3,(H2,22,23,24). The van der Waals surface area contributed by atoms with Crippen LogP contribution in [0, 0.1) is 5.92 Å². The van der Waals surface area contributed by atoms with Crippen molar-refractivity contribution in [1.82, 2.24) is 15.5 Å². The number of hydrogen-bond donors (Lipinski definition) is 2. The Bertz CT molecular complexity index is 459. The van der Waals surface area contributed by atoms with Crippen LogP contribution >= 0.6 is 11.8 Å². The number of nitrogens with zero attached hydrogens (tertiary/aromatic N) is 2. The summed E-state index contributed by atoms with van der Waals surface area (Å²) < 4.78 is 11.2. The van der Waals surface area contributed by atoms with Crippen molar-refractivity contribution in [1.29, 1.82) is 0 Å². The van der Waals surface area contributed by atoms with E-state index in [1.165, 1.54) is 50.3 Å². The first kappa shape index (κ1) is 22.2. The van der Waals surface area contributed by atoms with E-state index in [0.29, 0.717) is 11.5 Å². The average Bonchev–Trinajstić information content (AvgIpc) is 3.42. The number of aliphatic imine (C=N–C) groups is 1. The van der Waals surface area contributed by atoms with Gasteiger partial charge in [0.05, 0.1) is 19.8 Å². The molecule has 0 aromatic heterocycles. The second-order valence-corrected chi connectivity index (χ2v) is 9.54. The van der Waals surface area contributed by atoms with Crippen LogP contribution in [0.5, 0.6) is 0 Å². The highest BCUT2D eigenvalue weighted by Crippen LogP contribution is 2.37. The quantitative estimate of drug-likeness (QED) is 0.326. The molecule has 3 rings (SSSR count). The van der Waals surface area contributed by atoms with Gasteiger partial charge in [-0.2, -0.15) is 11.8 Å². The van der Waals surface area contributed by atoms with Crippen LogP contribution in [0.25, 0.3) is 0 Å². The van der Waals surface area contributed by atoms with Gasteiger partial charge < -0.3 is 20.1 Å². The van der Waals surface area contributed by atoms with Gasteiger partial charge in [0.1, 0.15) is 0 Å². The molecule has 0 amide bonds. The van der Waals surface area contributed by atoms with Crippen molar-refractivity contribution in [2.24, 2.45) is 10.9 Å². The van der Waals surface area contributed by atoms with Gasteiger partial charge in [-0.1, -0.05) is 12.8 Å². The molecular weight excluding hydrogens is 372 g/mol. The van der Waals surface area contributed by atoms with Crippen molar-refractivity contribution >= 4 is 17.7 Å². The largest absolute Gasteiger partial charge is 0.381 e. The minimum absolute atomic E-state index is 0.301. The lowest BCUT2D eigenvalue weighted by Gasteiger charge is -2.42. The van der Waals surface area contributed by atoms with E-state index in [1.807, 2.05) is 0 Å². The Morgan fingerprint density at radius 1 is 1.25 bits per heavy atom. The van der Waals surface area contributed by atoms with Crippen molar-refractivity contribution in [3.63, 3.8) is 0 Å². The zero-order valence-corrected chi connectivity index (χ0v) is 18.5. The van der Waals surface area contributed by atoms with Crippen LogP contribution in [0.2, 0.25) is 0 Å². The van der Waals surface area contributed by atoms with Crippen molar-refractivity contribution < 1.29 is 9.47 Å². The topological polar surface area (TPSA) is 58.1 Å². The second kappa shape index (κ2) is 12.3. The molecule has 6 nitrogen and oxygen atoms in total. The molecule has 1 unspecified atom stereocenters. The van der Waals surface area contributed by atoms with Crippen LogP contribution in [0.3, 0.4) is 0 Å². The Hall–Kier alpha value is -0.500. The summed E-state index contributed by atoms with van der Waals surface area (Å²) in [6.45, 7) is 10.7. The van der Waals surface area contributed by atoms with E-state index >= 15 is 0 Å². The predicted octanol–water partition coefficient (Wildman–Crippen LogP) is 2.35. The van der Waals surface area contributed by atoms with E-state index in [0.717, 1.165) is 64.9 Å². The molecule has 3 aliphatic rings. The van der Waals surface area contributed by atoms with E-state index < -0.39 is 0 Å². The third kappa shape index (κ3) is 6.78. The Morgan fingerprint density at radius 2 is 2.07 bits per heavy atom. The lowest BCUT2D eigenvalue weighted by Crippen LogP contribution is -2.53. The third-order valence-electron chi connectivity index (χ3n) is 6.23. The smallest absolute Gasteiger partial charge is 0.191 e. The first-order valence-electron chi connectivity index (χ1n) is 11.3. The van der Waals surface area contributed by atoms with E-state index in [2.05, 4.69) is 34.2 Å². The minimum atomic E-state index is 0.301. The van der Waals surface area contributed by atoms with E-state index in [-0.39, 0.29) is 0 Å². The molecule has 1 atom stereocenters. The first-order valence-corrected chi connectivity index (χ1v) is 12.5. The molecule has 1 aliphatic carbocycles. The lowest BCUT2D eigenvalue weighted by molar-refractivity contribution is 0.0887. The molecule has 2 aliphatic heterocycles. The van der Waals surface area contributed by atoms with Crippen LogP contribution in [-0.2, 0) is 9.47 Å². The molecule has 0 aromatic carbocycles. The SMILES string of the molecule is CCNC(=NCC1(N2CCSCC2)CCCC1)NCCCOCC1CCOC1. The average molecular weight is 413 g/mol. The second-order valence-electron chi connectivity index (χ2n) is 8.31. The van der Waals surface area contributed by atoms with Crippen LogP contribution in [0.15, 0.2) is 4.99 Å². The zero-order chi connectivity index (χ0) is 19.5. The number of guanidine groups is 1. The Balaban J connectivity index is 1.40. The van der Waals surface area contributed by atoms with Gasteiger partial charge in [-0.05, 0) is 32.6 Å². The van der Waals surface area contributed by atoms with Crippen LogP contribution in [-0.4, -0.2) is 87.1 Å². The molecule has 0 radical (unpaired) electrons. The van der Waals surface area contributed by atoms with Gasteiger partial charge in [0.25, 0.3) is 0 Å². The number of thioether (sulfide) groups is 1. The number of rotatable bonds is 10. The summed E-state index contributed by atoms with van der Waals surface area (Å²) in [5.41, 5.74) is 0.301. The molecule has 3 fully saturated rings. The Morgan fingerprint density at radius 3 is 2.79 bits per heavy atom. The van der Waals surface area contributed by atoms with E-state index in [9.17, 15) is 0 Å². The molecule has 2 heterocycles. The van der Waals surface area contributed by atoms with Gasteiger partial charge in [-0.15, -0.1) is 0 Å². The monoisotopic (exact) mass is 412 g/mol. The summed E-state index contributed by atoms with van der Waals surface area (Å²) in [4.78, 5) is 7.75. The van der Waals surface area contributed by atoms with E-state index in [1.54, 1.807) is 0 Å². The maximum Gasteiger partial charge on any atom is 0.191 e. The van der Waals surface area contributed by atoms with Gasteiger partial charge in [-0.3, -0.25) is 9.89 Å². The molecule has 2 N–H and O–H groups in total. The first-order chi connectivity index (χ1) is 13.8. The lowest BCUT2D eigenvalue weighted by atomic mass is 9.95. The molecule has 0 bridgehead atoms. The van der Waals surface area contributed by atoms with Crippen LogP contribution in [0.1, 0.15) is 45.4 Å². The fourth-order valence-corrected chi connectivity index (χ4v) is 5.46. The fourth-order valence-electron chi connectivity index (χ4n) is 4.56. The van der Waals surface area contributed by atoms with Gasteiger partial charge in [-0.25, -0.2) is 0 Å². The van der Waals surface area contributed by atoms with Gasteiger partial charge in [0, 0.05) is 62.4 Å². The zero-order valence-electron chi connectivity index (χ0n) is 17.7. The summed E-state index contributed by atoms with van der Waals surface area (Å²) in [6.07, 6.45) is 7.47. The molecule has 162 valence electrons. The Labute approximate surface area is 175 Å². The van der Waals surface area contributed by atoms with Crippen molar-refractivity contribution in [3.8, 4) is 0 Å². The van der Waals surface area contributed by atoms with Crippen LogP contribution in [0.4, 0.5) is 0 Å². The molecule has 2 saturated heterocycles. The molecular formula is C21H40N4O2S. The Kier molecular flexibility index (Phi) is 9.71. The van der Waals surface area contributed by atoms with Crippen LogP contribution < -0.4 is 10.6 Å². The summed E-state index contributed by atoms with van der Waals surface area (Å²) in [6, 6.07) is 0. The minimum Gasteiger partial charge on any atom is -0.381 e. The fraction of sp³-hybridized carbons (Fsp3) is 0.952. The maximum absolute atomic E-state index is 5.81. The van der Waals surface area contributed by atoms with Gasteiger partial charge in [0.2, 0.25) is 0 Å². The van der Waals surface area contributed by atoms with Crippen molar-refractivity contribution in [2.75, 3.05) is 70.7 Å². The molecule has 1 saturated carbocycles. The number of ether oxygens (including phenoxy) is 2. The summed E-state index contributed by atoms with van der Waals surface area (Å²) in [7, 11) is 0. The molecule has 0 aromatic rings. The maximum atomic E-state index is 5.81. The normalized spacial score (nSPS) is 25.9. The highest BCUT2D eigenvalue weighted by atomic mass is 32.2. The number of hydrogen-bond acceptors (Lipinski definition) is 5. The highest BCUT2D eigenvalue weighted by Gasteiger charge is 2.39. The summed E-state index contributed by atoms with van der Waals surface area (Å²) >= 11 is 2.09. The van der Waals surface area contributed by atoms with Crippen molar-refractivity contribution in [3.05, 3.63) is 0 Å². The molecule has 28 heavy (non-hydrogen) atoms. The third-order valence-corrected chi connectivity index (χ3v) is 7.17. The van der Waals surface area contributed by atoms with Gasteiger partial charge in [0.15, 0.2) is 5.96 Å². The summed E-state index contributed by atoms with van der Waals surface area (Å²) in [5, 5.41) is 6.93. The van der Waals surface area contributed by atoms with Gasteiger partial charge >= 0.3 is 0 Å². The number of nitrogens with one attached hydrogen (secondary N) is 2. The predicted molar refractivity (Wildman–Crippen MR) is 118 cm³/mol. The van der Waals surface area contributed by atoms with E-state index in [4.69, 9.17) is 14.5 Å². The molecule has 0 spiro atoms.